The highest BCUT2D eigenvalue weighted by Gasteiger charge is 2.42. The molecule has 0 aromatic rings. The Hall–Kier alpha value is 0.0649. The van der Waals surface area contributed by atoms with Gasteiger partial charge in [0.15, 0.2) is 0 Å². The van der Waals surface area contributed by atoms with Crippen molar-refractivity contribution >= 4 is 7.28 Å². The van der Waals surface area contributed by atoms with Gasteiger partial charge >= 0.3 is 0 Å². The Bertz CT molecular complexity index is 178. The Labute approximate surface area is 90.1 Å². The summed E-state index contributed by atoms with van der Waals surface area (Å²) >= 11 is 0. The molecule has 0 radical (unpaired) electrons. The second-order valence-corrected chi connectivity index (χ2v) is 5.83. The van der Waals surface area contributed by atoms with Crippen LogP contribution < -0.4 is 0 Å². The smallest absolute Gasteiger partial charge is 0.0654 e. The molecule has 1 heteroatoms. The van der Waals surface area contributed by atoms with Gasteiger partial charge in [-0.2, -0.15) is 0 Å². The van der Waals surface area contributed by atoms with Gasteiger partial charge in [-0.3, -0.25) is 0 Å². The van der Waals surface area contributed by atoms with Crippen LogP contribution in [0.4, 0.5) is 0 Å². The van der Waals surface area contributed by atoms with Crippen molar-refractivity contribution in [2.45, 2.75) is 70.4 Å². The molecule has 1 aliphatic heterocycles. The second-order valence-electron chi connectivity index (χ2n) is 5.83. The van der Waals surface area contributed by atoms with E-state index in [1.165, 1.54) is 32.1 Å². The number of hydrogen-bond donors (Lipinski definition) is 0. The first kappa shape index (κ1) is 10.6. The van der Waals surface area contributed by atoms with Crippen LogP contribution in [0.15, 0.2) is 0 Å². The molecule has 0 nitrogen and oxygen atoms in total. The maximum atomic E-state index is 2.46. The molecule has 0 amide bonds. The van der Waals surface area contributed by atoms with Crippen LogP contribution in [0.3, 0.4) is 0 Å². The van der Waals surface area contributed by atoms with Crippen LogP contribution >= 0.6 is 0 Å². The molecule has 2 rings (SSSR count). The van der Waals surface area contributed by atoms with E-state index in [1.54, 1.807) is 20.1 Å². The molecule has 2 aliphatic rings. The van der Waals surface area contributed by atoms with E-state index in [1.807, 2.05) is 0 Å². The predicted octanol–water partition coefficient (Wildman–Crippen LogP) is 4.03. The Kier molecular flexibility index (Phi) is 3.57. The molecule has 14 heavy (non-hydrogen) atoms. The van der Waals surface area contributed by atoms with Crippen LogP contribution in [0.2, 0.25) is 11.6 Å². The highest BCUT2D eigenvalue weighted by molar-refractivity contribution is 6.44. The Morgan fingerprint density at radius 3 is 2.79 bits per heavy atom. The topological polar surface area (TPSA) is 0 Å². The minimum absolute atomic E-state index is 0.993. The summed E-state index contributed by atoms with van der Waals surface area (Å²) in [7, 11) is 1.58. The highest BCUT2D eigenvalue weighted by Crippen LogP contribution is 2.53. The van der Waals surface area contributed by atoms with E-state index in [4.69, 9.17) is 0 Å². The molecule has 0 N–H and O–H groups in total. The van der Waals surface area contributed by atoms with Crippen molar-refractivity contribution in [2.75, 3.05) is 0 Å². The summed E-state index contributed by atoms with van der Waals surface area (Å²) in [6.07, 6.45) is 10.5. The lowest BCUT2D eigenvalue weighted by Crippen LogP contribution is -2.39. The van der Waals surface area contributed by atoms with Crippen LogP contribution in [0.25, 0.3) is 0 Å². The Morgan fingerprint density at radius 1 is 1.29 bits per heavy atom. The molecule has 1 heterocycles. The fourth-order valence-corrected chi connectivity index (χ4v) is 3.92. The fourth-order valence-electron chi connectivity index (χ4n) is 3.92. The number of hydrogen-bond acceptors (Lipinski definition) is 0. The lowest BCUT2D eigenvalue weighted by molar-refractivity contribution is 0.263. The van der Waals surface area contributed by atoms with E-state index in [-0.39, 0.29) is 0 Å². The summed E-state index contributed by atoms with van der Waals surface area (Å²) in [6.45, 7) is 4.78. The van der Waals surface area contributed by atoms with Crippen LogP contribution in [0.1, 0.15) is 58.8 Å². The molecule has 0 spiro atoms. The second kappa shape index (κ2) is 4.72. The van der Waals surface area contributed by atoms with E-state index in [0.29, 0.717) is 0 Å². The van der Waals surface area contributed by atoms with Gasteiger partial charge in [-0.25, -0.2) is 0 Å². The van der Waals surface area contributed by atoms with E-state index in [9.17, 15) is 0 Å². The Morgan fingerprint density at radius 2 is 2.07 bits per heavy atom. The van der Waals surface area contributed by atoms with Gasteiger partial charge in [0.1, 0.15) is 7.28 Å². The molecule has 4 atom stereocenters. The lowest BCUT2D eigenvalue weighted by atomic mass is 9.31. The molecule has 1 aliphatic carbocycles. The van der Waals surface area contributed by atoms with Crippen molar-refractivity contribution in [1.82, 2.24) is 0 Å². The number of fused-ring (bicyclic) bond motifs is 1. The van der Waals surface area contributed by atoms with E-state index in [0.717, 1.165) is 23.5 Å². The molecular formula is C13H25B. The largest absolute Gasteiger partial charge is 0.128 e. The van der Waals surface area contributed by atoms with Crippen molar-refractivity contribution < 1.29 is 0 Å². The van der Waals surface area contributed by atoms with Gasteiger partial charge in [-0.1, -0.05) is 70.4 Å². The summed E-state index contributed by atoms with van der Waals surface area (Å²) in [5.41, 5.74) is 0. The molecule has 1 saturated carbocycles. The molecule has 4 unspecified atom stereocenters. The molecule has 0 bridgehead atoms. The maximum absolute atomic E-state index is 2.46. The first-order chi connectivity index (χ1) is 6.81. The van der Waals surface area contributed by atoms with Crippen molar-refractivity contribution in [3.8, 4) is 0 Å². The van der Waals surface area contributed by atoms with Crippen molar-refractivity contribution in [3.63, 3.8) is 0 Å². The summed E-state index contributed by atoms with van der Waals surface area (Å²) < 4.78 is 0. The van der Waals surface area contributed by atoms with Gasteiger partial charge in [0.2, 0.25) is 0 Å². The van der Waals surface area contributed by atoms with Gasteiger partial charge in [-0.05, 0) is 11.8 Å². The first-order valence-electron chi connectivity index (χ1n) is 6.81. The summed E-state index contributed by atoms with van der Waals surface area (Å²) in [5.74, 6) is 4.43. The summed E-state index contributed by atoms with van der Waals surface area (Å²) in [6, 6.07) is 0. The van der Waals surface area contributed by atoms with Crippen molar-refractivity contribution in [2.24, 2.45) is 11.8 Å². The van der Waals surface area contributed by atoms with Crippen LogP contribution in [0, 0.1) is 11.8 Å². The summed E-state index contributed by atoms with van der Waals surface area (Å²) in [5, 5.41) is 0. The third-order valence-electron chi connectivity index (χ3n) is 4.67. The SMILES string of the molecule is CCCC(C)CC1BC2CCCCC21. The van der Waals surface area contributed by atoms with E-state index in [2.05, 4.69) is 13.8 Å². The van der Waals surface area contributed by atoms with Crippen molar-refractivity contribution in [3.05, 3.63) is 0 Å². The normalized spacial score (nSPS) is 38.0. The van der Waals surface area contributed by atoms with Gasteiger partial charge in [0.05, 0.1) is 0 Å². The van der Waals surface area contributed by atoms with Gasteiger partial charge in [0, 0.05) is 0 Å². The quantitative estimate of drug-likeness (QED) is 0.590. The minimum Gasteiger partial charge on any atom is -0.0654 e. The third-order valence-corrected chi connectivity index (χ3v) is 4.67. The molecule has 0 aromatic heterocycles. The maximum Gasteiger partial charge on any atom is 0.128 e. The average Bonchev–Trinajstić information content (AvgIpc) is 2.15. The fraction of sp³-hybridized carbons (Fsp3) is 1.00. The number of rotatable bonds is 4. The zero-order valence-corrected chi connectivity index (χ0v) is 9.97. The van der Waals surface area contributed by atoms with Crippen molar-refractivity contribution in [1.29, 1.82) is 0 Å². The van der Waals surface area contributed by atoms with Crippen LogP contribution in [0.5, 0.6) is 0 Å². The predicted molar refractivity (Wildman–Crippen MR) is 65.3 cm³/mol. The lowest BCUT2D eigenvalue weighted by Gasteiger charge is -2.48. The molecule has 0 aromatic carbocycles. The molecular weight excluding hydrogens is 167 g/mol. The molecule has 1 saturated heterocycles. The van der Waals surface area contributed by atoms with Gasteiger partial charge < -0.3 is 0 Å². The van der Waals surface area contributed by atoms with E-state index < -0.39 is 0 Å². The molecule has 2 fully saturated rings. The van der Waals surface area contributed by atoms with Gasteiger partial charge in [0.25, 0.3) is 0 Å². The third kappa shape index (κ3) is 2.17. The standard InChI is InChI=1S/C13H25B/c1-3-6-10(2)9-13-11-7-4-5-8-12(11)14-13/h10-14H,3-9H2,1-2H3. The van der Waals surface area contributed by atoms with Crippen LogP contribution in [-0.2, 0) is 0 Å². The zero-order valence-electron chi connectivity index (χ0n) is 9.97. The molecule has 80 valence electrons. The summed E-state index contributed by atoms with van der Waals surface area (Å²) in [4.78, 5) is 0. The van der Waals surface area contributed by atoms with Crippen LogP contribution in [-0.4, -0.2) is 7.28 Å². The average molecular weight is 192 g/mol. The minimum atomic E-state index is 0.993. The zero-order chi connectivity index (χ0) is 9.97. The first-order valence-corrected chi connectivity index (χ1v) is 6.81. The monoisotopic (exact) mass is 192 g/mol. The van der Waals surface area contributed by atoms with Gasteiger partial charge in [-0.15, -0.1) is 0 Å². The highest BCUT2D eigenvalue weighted by atomic mass is 14.4. The Balaban J connectivity index is 1.72. The van der Waals surface area contributed by atoms with E-state index >= 15 is 0 Å².